The quantitative estimate of drug-likeness (QED) is 0.0175. The lowest BCUT2D eigenvalue weighted by Gasteiger charge is -2.19. The number of carboxylic acids is 1. The molecular weight excluding hydrogens is 1610 g/mol. The second-order valence-corrected chi connectivity index (χ2v) is 30.7. The summed E-state index contributed by atoms with van der Waals surface area (Å²) in [5, 5.41) is 10.6. The summed E-state index contributed by atoms with van der Waals surface area (Å²) in [6, 6.07) is 13.0. The summed E-state index contributed by atoms with van der Waals surface area (Å²) >= 11 is 0. The van der Waals surface area contributed by atoms with Gasteiger partial charge in [0, 0.05) is 36.7 Å². The van der Waals surface area contributed by atoms with Crippen molar-refractivity contribution in [1.82, 2.24) is 39.7 Å². The average Bonchev–Trinajstić information content (AvgIpc) is 1.74. The zero-order valence-corrected chi connectivity index (χ0v) is 76.1. The third-order valence-corrected chi connectivity index (χ3v) is 18.9. The van der Waals surface area contributed by atoms with Gasteiger partial charge in [-0.1, -0.05) is 63.8 Å². The van der Waals surface area contributed by atoms with E-state index in [4.69, 9.17) is 126 Å². The number of aliphatic carboxylic acids is 1. The van der Waals surface area contributed by atoms with E-state index in [-0.39, 0.29) is 25.4 Å². The number of imidazole rings is 2. The third kappa shape index (κ3) is 54.9. The lowest BCUT2D eigenvalue weighted by molar-refractivity contribution is -0.156. The maximum absolute atomic E-state index is 11.6. The minimum absolute atomic E-state index is 0.00326. The summed E-state index contributed by atoms with van der Waals surface area (Å²) in [6.45, 7) is 33.3. The molecule has 0 fully saturated rings. The highest BCUT2D eigenvalue weighted by atomic mass is 16.6. The second-order valence-electron chi connectivity index (χ2n) is 30.7. The number of hydrogen-bond donors (Lipinski definition) is 5. The fraction of sp³-hybridized carbons (Fsp3) is 0.756. The van der Waals surface area contributed by atoms with Crippen molar-refractivity contribution in [3.8, 4) is 0 Å². The number of rotatable bonds is 84. The van der Waals surface area contributed by atoms with Gasteiger partial charge in [0.25, 0.3) is 0 Å². The van der Waals surface area contributed by atoms with Crippen LogP contribution in [-0.4, -0.2) is 367 Å². The van der Waals surface area contributed by atoms with Crippen LogP contribution in [0.3, 0.4) is 0 Å². The average molecular weight is 1760 g/mol. The standard InChI is InChI=1S/C47H81N5O12.C43H73N5O12/c1-6-7-12-42-50-44-40-14-13-39(38-41(40)49-46(48)45(44)51-42)11-9-8-10-16-52(5)17-19-55-21-23-57-25-27-59-29-31-61-33-35-63-37-36-62-34-32-60-30-28-58-26-24-56-22-20-54-18-15-43(53)64-47(2,3)4;1-3-4-9-39-46-41-37-11-10-36(35-38(37)45-43(44)42(41)47-39)8-6-5-7-13-48(2)14-16-52-18-20-54-22-24-56-26-28-58-30-32-60-34-33-59-31-29-57-27-25-55-23-21-53-19-17-51-15-12-40(49)50/h13-14,38H,6-12,15-37H2,1-5H3,(H2,48,49)(H,50,51);10-11,35H,3-9,12-34H2,1-2H3,(H2,44,45)(H,46,47)(H,49,50). The van der Waals surface area contributed by atoms with Gasteiger partial charge >= 0.3 is 11.9 Å². The molecule has 6 aromatic rings. The first-order valence-electron chi connectivity index (χ1n) is 45.1. The number of esters is 1. The highest BCUT2D eigenvalue weighted by Crippen LogP contribution is 2.30. The molecule has 34 nitrogen and oxygen atoms in total. The number of hydrogen-bond acceptors (Lipinski definition) is 31. The van der Waals surface area contributed by atoms with Crippen molar-refractivity contribution in [3.05, 3.63) is 59.2 Å². The number of nitrogens with zero attached hydrogens (tertiary/aromatic N) is 6. The van der Waals surface area contributed by atoms with Crippen molar-refractivity contribution in [2.24, 2.45) is 0 Å². The number of carboxylic acid groups (broad SMARTS) is 1. The van der Waals surface area contributed by atoms with Gasteiger partial charge in [-0.05, 0) is 123 Å². The Balaban J connectivity index is 0.000000441. The van der Waals surface area contributed by atoms with Gasteiger partial charge in [-0.15, -0.1) is 0 Å². The molecule has 0 atom stereocenters. The van der Waals surface area contributed by atoms with Crippen LogP contribution >= 0.6 is 0 Å². The number of nitrogens with one attached hydrogen (secondary N) is 2. The molecule has 4 aromatic heterocycles. The van der Waals surface area contributed by atoms with Crippen LogP contribution in [0.1, 0.15) is 134 Å². The number of ether oxygens (including phenoxy) is 21. The van der Waals surface area contributed by atoms with E-state index in [9.17, 15) is 9.59 Å². The minimum Gasteiger partial charge on any atom is -0.481 e. The zero-order chi connectivity index (χ0) is 88.7. The molecule has 708 valence electrons. The molecule has 34 heteroatoms. The predicted molar refractivity (Wildman–Crippen MR) is 478 cm³/mol. The number of pyridine rings is 2. The molecule has 0 bridgehead atoms. The number of H-pyrrole nitrogens is 2. The molecule has 0 unspecified atom stereocenters. The maximum atomic E-state index is 11.6. The van der Waals surface area contributed by atoms with Gasteiger partial charge in [0.15, 0.2) is 0 Å². The smallest absolute Gasteiger partial charge is 0.308 e. The Labute approximate surface area is 736 Å². The number of fused-ring (bicyclic) bond motifs is 6. The van der Waals surface area contributed by atoms with E-state index < -0.39 is 11.6 Å². The van der Waals surface area contributed by atoms with Crippen molar-refractivity contribution in [3.63, 3.8) is 0 Å². The highest BCUT2D eigenvalue weighted by molar-refractivity contribution is 6.07. The van der Waals surface area contributed by atoms with E-state index in [1.807, 2.05) is 20.8 Å². The molecule has 0 aliphatic rings. The van der Waals surface area contributed by atoms with Gasteiger partial charge < -0.3 is 136 Å². The Bertz CT molecular complexity index is 3600. The molecule has 6 rings (SSSR count). The summed E-state index contributed by atoms with van der Waals surface area (Å²) in [4.78, 5) is 52.4. The van der Waals surface area contributed by atoms with Crippen molar-refractivity contribution in [1.29, 1.82) is 0 Å². The van der Waals surface area contributed by atoms with E-state index in [1.165, 1.54) is 24.0 Å². The molecule has 4 heterocycles. The van der Waals surface area contributed by atoms with Crippen LogP contribution < -0.4 is 11.5 Å². The lowest BCUT2D eigenvalue weighted by Crippen LogP contribution is -2.25. The van der Waals surface area contributed by atoms with Gasteiger partial charge in [-0.3, -0.25) is 9.59 Å². The molecule has 2 aromatic carbocycles. The molecule has 7 N–H and O–H groups in total. The van der Waals surface area contributed by atoms with Gasteiger partial charge in [0.05, 0.1) is 288 Å². The fourth-order valence-corrected chi connectivity index (χ4v) is 12.3. The summed E-state index contributed by atoms with van der Waals surface area (Å²) < 4.78 is 115. The first-order valence-corrected chi connectivity index (χ1v) is 45.1. The number of nitrogens with two attached hydrogens (primary N) is 2. The van der Waals surface area contributed by atoms with E-state index in [0.717, 1.165) is 159 Å². The first kappa shape index (κ1) is 108. The third-order valence-electron chi connectivity index (χ3n) is 18.9. The van der Waals surface area contributed by atoms with Gasteiger partial charge in [0.1, 0.15) is 51.0 Å². The van der Waals surface area contributed by atoms with Crippen LogP contribution in [0.5, 0.6) is 0 Å². The number of unbranched alkanes of at least 4 members (excludes halogenated alkanes) is 6. The van der Waals surface area contributed by atoms with Crippen LogP contribution in [0.4, 0.5) is 11.6 Å². The van der Waals surface area contributed by atoms with Crippen LogP contribution in [0.15, 0.2) is 36.4 Å². The number of benzene rings is 2. The Morgan fingerprint density at radius 1 is 0.339 bits per heavy atom. The monoisotopic (exact) mass is 1760 g/mol. The van der Waals surface area contributed by atoms with Crippen molar-refractivity contribution in [2.75, 3.05) is 316 Å². The Hall–Kier alpha value is -6.14. The van der Waals surface area contributed by atoms with Gasteiger partial charge in [0.2, 0.25) is 0 Å². The summed E-state index contributed by atoms with van der Waals surface area (Å²) in [6.07, 6.45) is 15.5. The van der Waals surface area contributed by atoms with E-state index in [1.54, 1.807) is 0 Å². The van der Waals surface area contributed by atoms with E-state index in [0.29, 0.717) is 269 Å². The highest BCUT2D eigenvalue weighted by Gasteiger charge is 2.18. The van der Waals surface area contributed by atoms with Gasteiger partial charge in [-0.25, -0.2) is 19.9 Å². The number of aryl methyl sites for hydroxylation is 4. The molecule has 0 aliphatic heterocycles. The molecule has 0 amide bonds. The molecule has 0 radical (unpaired) electrons. The number of anilines is 2. The number of aromatic amines is 2. The summed E-state index contributed by atoms with van der Waals surface area (Å²) in [7, 11) is 4.29. The maximum Gasteiger partial charge on any atom is 0.308 e. The lowest BCUT2D eigenvalue weighted by atomic mass is 10.0. The molecule has 0 spiro atoms. The number of carbonyl (C=O) groups excluding carboxylic acids is 1. The normalized spacial score (nSPS) is 12.0. The molecular formula is C90H154N10O24. The molecule has 0 saturated carbocycles. The number of likely N-dealkylation sites (N-methyl/N-ethyl adjacent to an activating group) is 2. The summed E-state index contributed by atoms with van der Waals surface area (Å²) in [5.41, 5.74) is 20.1. The van der Waals surface area contributed by atoms with Crippen LogP contribution in [0.25, 0.3) is 43.9 Å². The first-order chi connectivity index (χ1) is 60.6. The zero-order valence-electron chi connectivity index (χ0n) is 76.1. The number of aromatic nitrogens is 6. The van der Waals surface area contributed by atoms with Gasteiger partial charge in [-0.2, -0.15) is 0 Å². The summed E-state index contributed by atoms with van der Waals surface area (Å²) in [5.74, 6) is 1.86. The predicted octanol–water partition coefficient (Wildman–Crippen LogP) is 9.90. The van der Waals surface area contributed by atoms with Crippen molar-refractivity contribution in [2.45, 2.75) is 143 Å². The van der Waals surface area contributed by atoms with E-state index >= 15 is 0 Å². The van der Waals surface area contributed by atoms with Crippen molar-refractivity contribution < 1.29 is 114 Å². The minimum atomic E-state index is -0.874. The largest absolute Gasteiger partial charge is 0.481 e. The van der Waals surface area contributed by atoms with Crippen molar-refractivity contribution >= 4 is 67.4 Å². The van der Waals surface area contributed by atoms with Crippen LogP contribution in [0, 0.1) is 0 Å². The Morgan fingerprint density at radius 3 is 0.871 bits per heavy atom. The topological polar surface area (TPSA) is 390 Å². The fourth-order valence-electron chi connectivity index (χ4n) is 12.3. The van der Waals surface area contributed by atoms with Crippen LogP contribution in [0.2, 0.25) is 0 Å². The Kier molecular flexibility index (Phi) is 63.6. The Morgan fingerprint density at radius 2 is 0.605 bits per heavy atom. The van der Waals surface area contributed by atoms with Crippen LogP contribution in [-0.2, 0) is 135 Å². The second kappa shape index (κ2) is 72.7. The SMILES string of the molecule is CCCCc1nc2c([nH]1)c(N)nc1cc(CCCCCN(C)CCOCCOCCOCCOCCOCCOCCOCCOCCOCCOCCC(=O)O)ccc12.CCCCc1nc2c([nH]1)c(N)nc1cc(CCCCCN(C)CCOCCOCCOCCOCCOCCOCCOCCOCCOCCOCCC(=O)OC(C)(C)C)ccc12. The van der Waals surface area contributed by atoms with E-state index in [2.05, 4.69) is 94.1 Å². The molecule has 0 aliphatic carbocycles. The number of carbonyl (C=O) groups is 2. The number of nitrogen functional groups attached to an aromatic ring is 2. The molecule has 0 saturated heterocycles. The molecule has 124 heavy (non-hydrogen) atoms.